The first-order valence-corrected chi connectivity index (χ1v) is 8.44. The van der Waals surface area contributed by atoms with Crippen LogP contribution in [-0.2, 0) is 10.2 Å². The molecule has 2 aromatic rings. The molecule has 0 saturated carbocycles. The molecule has 136 valence electrons. The number of carbonyl (C=O) groups excluding carboxylic acids is 1. The Morgan fingerprint density at radius 2 is 1.88 bits per heavy atom. The van der Waals surface area contributed by atoms with Crippen LogP contribution in [0.2, 0.25) is 0 Å². The standard InChI is InChI=1S/C21H23NO4/c1-21(2,3)15-7-9-17(24-4)16(12-15)22-20(23)10-6-14-5-8-18-19(11-14)26-13-25-18/h5-12H,13H2,1-4H3,(H,22,23). The fourth-order valence-corrected chi connectivity index (χ4v) is 2.64. The van der Waals surface area contributed by atoms with Crippen LogP contribution in [0.15, 0.2) is 42.5 Å². The summed E-state index contributed by atoms with van der Waals surface area (Å²) in [6, 6.07) is 11.4. The first-order chi connectivity index (χ1) is 12.4. The number of anilines is 1. The Bertz CT molecular complexity index is 850. The van der Waals surface area contributed by atoms with E-state index in [4.69, 9.17) is 14.2 Å². The summed E-state index contributed by atoms with van der Waals surface area (Å²) in [6.07, 6.45) is 3.22. The van der Waals surface area contributed by atoms with Gasteiger partial charge in [-0.05, 0) is 46.9 Å². The molecule has 0 atom stereocenters. The fraction of sp³-hybridized carbons (Fsp3) is 0.286. The Balaban J connectivity index is 1.75. The molecule has 0 unspecified atom stereocenters. The monoisotopic (exact) mass is 353 g/mol. The fourth-order valence-electron chi connectivity index (χ4n) is 2.64. The molecule has 1 amide bonds. The number of ether oxygens (including phenoxy) is 3. The number of benzene rings is 2. The zero-order chi connectivity index (χ0) is 18.7. The summed E-state index contributed by atoms with van der Waals surface area (Å²) in [4.78, 5) is 12.3. The number of carbonyl (C=O) groups is 1. The largest absolute Gasteiger partial charge is 0.495 e. The molecule has 26 heavy (non-hydrogen) atoms. The molecule has 0 saturated heterocycles. The third-order valence-electron chi connectivity index (χ3n) is 4.15. The van der Waals surface area contributed by atoms with Crippen LogP contribution in [0.25, 0.3) is 6.08 Å². The van der Waals surface area contributed by atoms with Crippen molar-refractivity contribution >= 4 is 17.7 Å². The van der Waals surface area contributed by atoms with Crippen LogP contribution in [0.4, 0.5) is 5.69 Å². The summed E-state index contributed by atoms with van der Waals surface area (Å²) in [5.74, 6) is 1.80. The minimum Gasteiger partial charge on any atom is -0.495 e. The first-order valence-electron chi connectivity index (χ1n) is 8.44. The third kappa shape index (κ3) is 3.99. The predicted octanol–water partition coefficient (Wildman–Crippen LogP) is 4.37. The first kappa shape index (κ1) is 17.9. The Morgan fingerprint density at radius 1 is 1.12 bits per heavy atom. The van der Waals surface area contributed by atoms with Gasteiger partial charge in [0.15, 0.2) is 11.5 Å². The van der Waals surface area contributed by atoms with Crippen LogP contribution in [0.5, 0.6) is 17.2 Å². The zero-order valence-corrected chi connectivity index (χ0v) is 15.5. The number of hydrogen-bond acceptors (Lipinski definition) is 4. The lowest BCUT2D eigenvalue weighted by Gasteiger charge is -2.21. The van der Waals surface area contributed by atoms with Gasteiger partial charge in [-0.2, -0.15) is 0 Å². The number of hydrogen-bond donors (Lipinski definition) is 1. The average Bonchev–Trinajstić information content (AvgIpc) is 3.07. The maximum absolute atomic E-state index is 12.3. The molecule has 5 heteroatoms. The quantitative estimate of drug-likeness (QED) is 0.829. The van der Waals surface area contributed by atoms with Gasteiger partial charge in [0, 0.05) is 6.08 Å². The van der Waals surface area contributed by atoms with Crippen molar-refractivity contribution in [1.82, 2.24) is 0 Å². The average molecular weight is 353 g/mol. The highest BCUT2D eigenvalue weighted by atomic mass is 16.7. The van der Waals surface area contributed by atoms with E-state index < -0.39 is 0 Å². The molecule has 0 bridgehead atoms. The van der Waals surface area contributed by atoms with Crippen molar-refractivity contribution in [2.24, 2.45) is 0 Å². The summed E-state index contributed by atoms with van der Waals surface area (Å²) in [7, 11) is 1.59. The van der Waals surface area contributed by atoms with Gasteiger partial charge in [0.05, 0.1) is 12.8 Å². The van der Waals surface area contributed by atoms with Gasteiger partial charge in [-0.15, -0.1) is 0 Å². The predicted molar refractivity (Wildman–Crippen MR) is 102 cm³/mol. The summed E-state index contributed by atoms with van der Waals surface area (Å²) in [5, 5.41) is 2.89. The molecule has 5 nitrogen and oxygen atoms in total. The molecule has 0 radical (unpaired) electrons. The van der Waals surface area contributed by atoms with E-state index in [9.17, 15) is 4.79 Å². The third-order valence-corrected chi connectivity index (χ3v) is 4.15. The van der Waals surface area contributed by atoms with Gasteiger partial charge in [0.2, 0.25) is 12.7 Å². The van der Waals surface area contributed by atoms with Crippen molar-refractivity contribution < 1.29 is 19.0 Å². The second-order valence-corrected chi connectivity index (χ2v) is 7.10. The Kier molecular flexibility index (Phi) is 4.89. The van der Waals surface area contributed by atoms with Crippen LogP contribution in [0.1, 0.15) is 31.9 Å². The van der Waals surface area contributed by atoms with Gasteiger partial charge in [0.25, 0.3) is 0 Å². The minimum absolute atomic E-state index is 0.0198. The molecule has 2 aromatic carbocycles. The molecular weight excluding hydrogens is 330 g/mol. The van der Waals surface area contributed by atoms with Gasteiger partial charge in [-0.25, -0.2) is 0 Å². The van der Waals surface area contributed by atoms with E-state index in [0.29, 0.717) is 17.2 Å². The maximum Gasteiger partial charge on any atom is 0.248 e. The molecule has 3 rings (SSSR count). The highest BCUT2D eigenvalue weighted by Gasteiger charge is 2.17. The molecule has 1 heterocycles. The summed E-state index contributed by atoms with van der Waals surface area (Å²) in [6.45, 7) is 6.60. The second-order valence-electron chi connectivity index (χ2n) is 7.10. The number of rotatable bonds is 4. The van der Waals surface area contributed by atoms with Crippen LogP contribution >= 0.6 is 0 Å². The van der Waals surface area contributed by atoms with Crippen molar-refractivity contribution in [2.75, 3.05) is 19.2 Å². The van der Waals surface area contributed by atoms with Gasteiger partial charge >= 0.3 is 0 Å². The summed E-state index contributed by atoms with van der Waals surface area (Å²) >= 11 is 0. The molecule has 1 aliphatic heterocycles. The molecule has 0 fully saturated rings. The highest BCUT2D eigenvalue weighted by Crippen LogP contribution is 2.33. The zero-order valence-electron chi connectivity index (χ0n) is 15.5. The van der Waals surface area contributed by atoms with E-state index in [-0.39, 0.29) is 18.1 Å². The van der Waals surface area contributed by atoms with Crippen LogP contribution < -0.4 is 19.5 Å². The molecule has 0 aliphatic carbocycles. The van der Waals surface area contributed by atoms with E-state index in [2.05, 4.69) is 26.1 Å². The topological polar surface area (TPSA) is 56.8 Å². The van der Waals surface area contributed by atoms with Crippen molar-refractivity contribution in [3.8, 4) is 17.2 Å². The summed E-state index contributed by atoms with van der Waals surface area (Å²) < 4.78 is 16.0. The van der Waals surface area contributed by atoms with E-state index in [0.717, 1.165) is 16.9 Å². The van der Waals surface area contributed by atoms with Crippen molar-refractivity contribution in [3.05, 3.63) is 53.6 Å². The van der Waals surface area contributed by atoms with Crippen molar-refractivity contribution in [3.63, 3.8) is 0 Å². The smallest absolute Gasteiger partial charge is 0.248 e. The number of nitrogens with one attached hydrogen (secondary N) is 1. The molecular formula is C21H23NO4. The second kappa shape index (κ2) is 7.12. The molecule has 1 aliphatic rings. The van der Waals surface area contributed by atoms with Gasteiger partial charge < -0.3 is 19.5 Å². The lowest BCUT2D eigenvalue weighted by molar-refractivity contribution is -0.111. The van der Waals surface area contributed by atoms with Crippen molar-refractivity contribution in [1.29, 1.82) is 0 Å². The molecule has 0 aromatic heterocycles. The van der Waals surface area contributed by atoms with E-state index >= 15 is 0 Å². The van der Waals surface area contributed by atoms with E-state index in [1.165, 1.54) is 6.08 Å². The molecule has 1 N–H and O–H groups in total. The normalized spacial score (nSPS) is 13.1. The molecule has 0 spiro atoms. The Labute approximate surface area is 153 Å². The SMILES string of the molecule is COc1ccc(C(C)(C)C)cc1NC(=O)C=Cc1ccc2c(c1)OCO2. The van der Waals surface area contributed by atoms with Crippen LogP contribution in [0, 0.1) is 0 Å². The minimum atomic E-state index is -0.230. The summed E-state index contributed by atoms with van der Waals surface area (Å²) in [5.41, 5.74) is 2.61. The van der Waals surface area contributed by atoms with Gasteiger partial charge in [-0.3, -0.25) is 4.79 Å². The number of amides is 1. The maximum atomic E-state index is 12.3. The van der Waals surface area contributed by atoms with Crippen LogP contribution in [0.3, 0.4) is 0 Å². The van der Waals surface area contributed by atoms with Gasteiger partial charge in [-0.1, -0.05) is 32.9 Å². The van der Waals surface area contributed by atoms with E-state index in [1.807, 2.05) is 36.4 Å². The number of fused-ring (bicyclic) bond motifs is 1. The Morgan fingerprint density at radius 3 is 2.62 bits per heavy atom. The van der Waals surface area contributed by atoms with E-state index in [1.54, 1.807) is 13.2 Å². The Hall–Kier alpha value is -2.95. The van der Waals surface area contributed by atoms with Crippen molar-refractivity contribution in [2.45, 2.75) is 26.2 Å². The lowest BCUT2D eigenvalue weighted by atomic mass is 9.87. The van der Waals surface area contributed by atoms with Gasteiger partial charge in [0.1, 0.15) is 5.75 Å². The highest BCUT2D eigenvalue weighted by molar-refractivity contribution is 6.02. The van der Waals surface area contributed by atoms with Crippen LogP contribution in [-0.4, -0.2) is 19.8 Å². The number of methoxy groups -OCH3 is 1. The lowest BCUT2D eigenvalue weighted by Crippen LogP contribution is -2.14.